The van der Waals surface area contributed by atoms with Crippen LogP contribution in [0.3, 0.4) is 0 Å². The third-order valence-electron chi connectivity index (χ3n) is 5.29. The van der Waals surface area contributed by atoms with E-state index in [1.54, 1.807) is 17.0 Å². The van der Waals surface area contributed by atoms with Crippen molar-refractivity contribution >= 4 is 34.7 Å². The molecule has 2 amide bonds. The Bertz CT molecular complexity index is 868. The molecule has 2 fully saturated rings. The van der Waals surface area contributed by atoms with Gasteiger partial charge in [0.1, 0.15) is 5.82 Å². The lowest BCUT2D eigenvalue weighted by molar-refractivity contribution is 0.122. The molecule has 2 aromatic carbocycles. The summed E-state index contributed by atoms with van der Waals surface area (Å²) < 4.78 is 19.8. The van der Waals surface area contributed by atoms with E-state index >= 15 is 0 Å². The number of ether oxygens (including phenoxy) is 1. The molecular weight excluding hydrogens is 395 g/mol. The van der Waals surface area contributed by atoms with Crippen LogP contribution in [-0.2, 0) is 4.74 Å². The quantitative estimate of drug-likeness (QED) is 0.826. The molecule has 29 heavy (non-hydrogen) atoms. The van der Waals surface area contributed by atoms with Crippen LogP contribution >= 0.6 is 11.6 Å². The first-order valence-electron chi connectivity index (χ1n) is 9.79. The first kappa shape index (κ1) is 19.8. The zero-order valence-electron chi connectivity index (χ0n) is 16.1. The third-order valence-corrected chi connectivity index (χ3v) is 5.53. The molecule has 6 nitrogen and oxygen atoms in total. The molecule has 0 atom stereocenters. The van der Waals surface area contributed by atoms with E-state index in [2.05, 4.69) is 10.2 Å². The number of carbonyl (C=O) groups excluding carboxylic acids is 1. The SMILES string of the molecule is O=C(Nc1ccc(N2CCOCC2)c(F)c1)N1CCN(c2cccc(Cl)c2)CC1. The van der Waals surface area contributed by atoms with E-state index in [0.29, 0.717) is 55.8 Å². The number of amides is 2. The van der Waals surface area contributed by atoms with Gasteiger partial charge in [-0.15, -0.1) is 0 Å². The molecule has 0 saturated carbocycles. The monoisotopic (exact) mass is 418 g/mol. The van der Waals surface area contributed by atoms with E-state index < -0.39 is 0 Å². The summed E-state index contributed by atoms with van der Waals surface area (Å²) in [5.74, 6) is -0.338. The highest BCUT2D eigenvalue weighted by Crippen LogP contribution is 2.24. The van der Waals surface area contributed by atoms with Crippen LogP contribution in [-0.4, -0.2) is 63.4 Å². The minimum absolute atomic E-state index is 0.214. The normalized spacial score (nSPS) is 17.4. The van der Waals surface area contributed by atoms with Gasteiger partial charge in [0.05, 0.1) is 18.9 Å². The standard InChI is InChI=1S/C21H24ClFN4O2/c22-16-2-1-3-18(14-16)25-6-8-27(9-7-25)21(28)24-17-4-5-20(19(23)15-17)26-10-12-29-13-11-26/h1-5,14-15H,6-13H2,(H,24,28). The molecule has 1 N–H and O–H groups in total. The molecule has 8 heteroatoms. The summed E-state index contributed by atoms with van der Waals surface area (Å²) in [5.41, 5.74) is 2.06. The molecule has 2 aromatic rings. The van der Waals surface area contributed by atoms with E-state index in [0.717, 1.165) is 18.8 Å². The van der Waals surface area contributed by atoms with Crippen molar-refractivity contribution in [1.82, 2.24) is 4.90 Å². The Hall–Kier alpha value is -2.51. The fourth-order valence-electron chi connectivity index (χ4n) is 3.69. The van der Waals surface area contributed by atoms with Gasteiger partial charge >= 0.3 is 6.03 Å². The van der Waals surface area contributed by atoms with Gasteiger partial charge in [-0.2, -0.15) is 0 Å². The minimum Gasteiger partial charge on any atom is -0.378 e. The van der Waals surface area contributed by atoms with Crippen molar-refractivity contribution in [3.05, 3.63) is 53.3 Å². The fraction of sp³-hybridized carbons (Fsp3) is 0.381. The molecule has 2 heterocycles. The Labute approximate surface area is 174 Å². The van der Waals surface area contributed by atoms with Crippen molar-refractivity contribution in [2.45, 2.75) is 0 Å². The molecule has 0 aliphatic carbocycles. The van der Waals surface area contributed by atoms with Crippen LogP contribution in [0.2, 0.25) is 5.02 Å². The van der Waals surface area contributed by atoms with Crippen molar-refractivity contribution in [2.24, 2.45) is 0 Å². The van der Waals surface area contributed by atoms with Crippen LogP contribution in [0.4, 0.5) is 26.2 Å². The van der Waals surface area contributed by atoms with Gasteiger partial charge in [-0.3, -0.25) is 0 Å². The molecule has 4 rings (SSSR count). The minimum atomic E-state index is -0.338. The smallest absolute Gasteiger partial charge is 0.321 e. The van der Waals surface area contributed by atoms with Crippen molar-refractivity contribution in [1.29, 1.82) is 0 Å². The van der Waals surface area contributed by atoms with Crippen molar-refractivity contribution < 1.29 is 13.9 Å². The van der Waals surface area contributed by atoms with Gasteiger partial charge in [0.2, 0.25) is 0 Å². The number of hydrogen-bond donors (Lipinski definition) is 1. The first-order valence-corrected chi connectivity index (χ1v) is 10.2. The van der Waals surface area contributed by atoms with Gasteiger partial charge in [0.15, 0.2) is 0 Å². The molecule has 0 unspecified atom stereocenters. The Morgan fingerprint density at radius 3 is 2.41 bits per heavy atom. The van der Waals surface area contributed by atoms with Crippen LogP contribution in [0.15, 0.2) is 42.5 Å². The lowest BCUT2D eigenvalue weighted by Crippen LogP contribution is -2.50. The molecule has 2 aliphatic heterocycles. The van der Waals surface area contributed by atoms with E-state index in [4.69, 9.17) is 16.3 Å². The summed E-state index contributed by atoms with van der Waals surface area (Å²) in [6.45, 7) is 5.15. The zero-order valence-corrected chi connectivity index (χ0v) is 16.9. The average molecular weight is 419 g/mol. The summed E-state index contributed by atoms with van der Waals surface area (Å²) in [6, 6.07) is 12.3. The van der Waals surface area contributed by atoms with Gasteiger partial charge in [-0.25, -0.2) is 9.18 Å². The number of morpholine rings is 1. The molecule has 2 saturated heterocycles. The molecular formula is C21H24ClFN4O2. The highest BCUT2D eigenvalue weighted by molar-refractivity contribution is 6.30. The highest BCUT2D eigenvalue weighted by atomic mass is 35.5. The molecule has 0 radical (unpaired) electrons. The Morgan fingerprint density at radius 1 is 0.966 bits per heavy atom. The Kier molecular flexibility index (Phi) is 6.06. The fourth-order valence-corrected chi connectivity index (χ4v) is 3.87. The number of nitrogens with zero attached hydrogens (tertiary/aromatic N) is 3. The topological polar surface area (TPSA) is 48.1 Å². The zero-order chi connectivity index (χ0) is 20.2. The Balaban J connectivity index is 1.33. The van der Waals surface area contributed by atoms with E-state index in [9.17, 15) is 9.18 Å². The Morgan fingerprint density at radius 2 is 1.72 bits per heavy atom. The summed E-state index contributed by atoms with van der Waals surface area (Å²) in [5, 5.41) is 3.51. The summed E-state index contributed by atoms with van der Waals surface area (Å²) in [4.78, 5) is 18.5. The maximum absolute atomic E-state index is 14.5. The van der Waals surface area contributed by atoms with Crippen LogP contribution in [0, 0.1) is 5.82 Å². The summed E-state index contributed by atoms with van der Waals surface area (Å²) in [7, 11) is 0. The predicted molar refractivity (Wildman–Crippen MR) is 114 cm³/mol. The lowest BCUT2D eigenvalue weighted by Gasteiger charge is -2.36. The van der Waals surface area contributed by atoms with Gasteiger partial charge in [0.25, 0.3) is 0 Å². The van der Waals surface area contributed by atoms with Crippen LogP contribution in [0.25, 0.3) is 0 Å². The highest BCUT2D eigenvalue weighted by Gasteiger charge is 2.22. The second-order valence-corrected chi connectivity index (χ2v) is 7.59. The van der Waals surface area contributed by atoms with Gasteiger partial charge < -0.3 is 24.8 Å². The van der Waals surface area contributed by atoms with Crippen molar-refractivity contribution in [3.8, 4) is 0 Å². The van der Waals surface area contributed by atoms with Crippen LogP contribution in [0.1, 0.15) is 0 Å². The first-order chi connectivity index (χ1) is 14.1. The molecule has 154 valence electrons. The third kappa shape index (κ3) is 4.74. The number of urea groups is 1. The average Bonchev–Trinajstić information content (AvgIpc) is 2.74. The van der Waals surface area contributed by atoms with E-state index in [-0.39, 0.29) is 11.8 Å². The van der Waals surface area contributed by atoms with Gasteiger partial charge in [-0.1, -0.05) is 17.7 Å². The largest absolute Gasteiger partial charge is 0.378 e. The van der Waals surface area contributed by atoms with Crippen molar-refractivity contribution in [3.63, 3.8) is 0 Å². The number of rotatable bonds is 3. The molecule has 0 aromatic heterocycles. The van der Waals surface area contributed by atoms with Gasteiger partial charge in [0, 0.05) is 55.7 Å². The second-order valence-electron chi connectivity index (χ2n) is 7.15. The van der Waals surface area contributed by atoms with E-state index in [1.807, 2.05) is 29.2 Å². The number of hydrogen-bond acceptors (Lipinski definition) is 4. The number of carbonyl (C=O) groups is 1. The number of halogens is 2. The molecule has 0 spiro atoms. The second kappa shape index (κ2) is 8.88. The maximum atomic E-state index is 14.5. The lowest BCUT2D eigenvalue weighted by atomic mass is 10.2. The number of benzene rings is 2. The number of piperazine rings is 1. The molecule has 2 aliphatic rings. The van der Waals surface area contributed by atoms with Crippen molar-refractivity contribution in [2.75, 3.05) is 67.6 Å². The van der Waals surface area contributed by atoms with Crippen LogP contribution < -0.4 is 15.1 Å². The van der Waals surface area contributed by atoms with E-state index in [1.165, 1.54) is 6.07 Å². The predicted octanol–water partition coefficient (Wildman–Crippen LogP) is 3.67. The summed E-state index contributed by atoms with van der Waals surface area (Å²) in [6.07, 6.45) is 0. The number of anilines is 3. The van der Waals surface area contributed by atoms with Crippen LogP contribution in [0.5, 0.6) is 0 Å². The maximum Gasteiger partial charge on any atom is 0.321 e. The summed E-state index contributed by atoms with van der Waals surface area (Å²) >= 11 is 6.07. The van der Waals surface area contributed by atoms with Gasteiger partial charge in [-0.05, 0) is 36.4 Å². The molecule has 0 bridgehead atoms. The number of nitrogens with one attached hydrogen (secondary N) is 1.